The van der Waals surface area contributed by atoms with Crippen molar-refractivity contribution in [3.8, 4) is 0 Å². The van der Waals surface area contributed by atoms with Crippen LogP contribution in [0.3, 0.4) is 0 Å². The van der Waals surface area contributed by atoms with Gasteiger partial charge in [0.05, 0.1) is 6.54 Å². The second kappa shape index (κ2) is 7.08. The van der Waals surface area contributed by atoms with Crippen molar-refractivity contribution in [2.75, 3.05) is 5.32 Å². The molecule has 0 fully saturated rings. The van der Waals surface area contributed by atoms with Gasteiger partial charge >= 0.3 is 0 Å². The number of hydrogen-bond donors (Lipinski definition) is 1. The van der Waals surface area contributed by atoms with Crippen molar-refractivity contribution in [2.24, 2.45) is 0 Å². The second-order valence-electron chi connectivity index (χ2n) is 6.02. The molecule has 0 atom stereocenters. The molecule has 1 amide bonds. The van der Waals surface area contributed by atoms with Crippen LogP contribution < -0.4 is 5.32 Å². The Bertz CT molecular complexity index is 790. The highest BCUT2D eigenvalue weighted by molar-refractivity contribution is 6.04. The van der Waals surface area contributed by atoms with Crippen LogP contribution in [0.15, 0.2) is 61.2 Å². The van der Waals surface area contributed by atoms with Crippen LogP contribution in [0.4, 0.5) is 5.69 Å². The first-order valence-electron chi connectivity index (χ1n) is 7.94. The van der Waals surface area contributed by atoms with E-state index in [1.165, 1.54) is 11.9 Å². The number of carbonyl (C=O) groups excluding carboxylic acids is 1. The molecule has 5 nitrogen and oxygen atoms in total. The number of rotatable bonds is 5. The molecule has 0 aliphatic rings. The number of nitrogens with one attached hydrogen (secondary N) is 1. The number of anilines is 1. The maximum Gasteiger partial charge on any atom is 0.255 e. The van der Waals surface area contributed by atoms with Crippen molar-refractivity contribution in [3.63, 3.8) is 0 Å². The summed E-state index contributed by atoms with van der Waals surface area (Å²) in [6.07, 6.45) is 3.17. The highest BCUT2D eigenvalue weighted by Crippen LogP contribution is 2.18. The standard InChI is InChI=1S/C19H20N4O/c1-14(2)16-7-9-18(10-8-16)22-19(24)17-5-3-15(4-6-17)11-23-13-20-12-21-23/h3-10,12-14H,11H2,1-2H3,(H,22,24). The van der Waals surface area contributed by atoms with Gasteiger partial charge in [0.1, 0.15) is 12.7 Å². The molecule has 24 heavy (non-hydrogen) atoms. The Morgan fingerprint density at radius 3 is 2.38 bits per heavy atom. The van der Waals surface area contributed by atoms with Crippen molar-refractivity contribution in [2.45, 2.75) is 26.3 Å². The molecule has 0 saturated carbocycles. The van der Waals surface area contributed by atoms with Gasteiger partial charge < -0.3 is 5.32 Å². The Morgan fingerprint density at radius 1 is 1.08 bits per heavy atom. The van der Waals surface area contributed by atoms with Crippen LogP contribution in [0.2, 0.25) is 0 Å². The Balaban J connectivity index is 1.64. The summed E-state index contributed by atoms with van der Waals surface area (Å²) in [4.78, 5) is 16.2. The van der Waals surface area contributed by atoms with Gasteiger partial charge in [-0.2, -0.15) is 5.10 Å². The molecule has 0 radical (unpaired) electrons. The topological polar surface area (TPSA) is 59.8 Å². The van der Waals surface area contributed by atoms with E-state index in [1.807, 2.05) is 48.5 Å². The number of carbonyl (C=O) groups is 1. The summed E-state index contributed by atoms with van der Waals surface area (Å²) in [5, 5.41) is 6.99. The molecular weight excluding hydrogens is 300 g/mol. The summed E-state index contributed by atoms with van der Waals surface area (Å²) in [7, 11) is 0. The highest BCUT2D eigenvalue weighted by Gasteiger charge is 2.07. The minimum absolute atomic E-state index is 0.111. The van der Waals surface area contributed by atoms with E-state index in [0.717, 1.165) is 11.3 Å². The fourth-order valence-electron chi connectivity index (χ4n) is 2.42. The van der Waals surface area contributed by atoms with Gasteiger partial charge in [-0.05, 0) is 41.3 Å². The smallest absolute Gasteiger partial charge is 0.255 e. The number of aromatic nitrogens is 3. The van der Waals surface area contributed by atoms with Gasteiger partial charge in [-0.3, -0.25) is 4.79 Å². The molecular formula is C19H20N4O. The van der Waals surface area contributed by atoms with Crippen LogP contribution in [0, 0.1) is 0 Å². The van der Waals surface area contributed by atoms with E-state index in [1.54, 1.807) is 11.0 Å². The minimum atomic E-state index is -0.111. The second-order valence-corrected chi connectivity index (χ2v) is 6.02. The first-order chi connectivity index (χ1) is 11.6. The molecule has 0 saturated heterocycles. The Kier molecular flexibility index (Phi) is 4.70. The van der Waals surface area contributed by atoms with Gasteiger partial charge in [0, 0.05) is 11.3 Å². The first kappa shape index (κ1) is 15.9. The summed E-state index contributed by atoms with van der Waals surface area (Å²) in [6, 6.07) is 15.5. The Hall–Kier alpha value is -2.95. The van der Waals surface area contributed by atoms with Crippen LogP contribution in [0.25, 0.3) is 0 Å². The van der Waals surface area contributed by atoms with Crippen LogP contribution in [0.1, 0.15) is 41.3 Å². The normalized spacial score (nSPS) is 10.8. The van der Waals surface area contributed by atoms with E-state index in [0.29, 0.717) is 18.0 Å². The van der Waals surface area contributed by atoms with Crippen molar-refractivity contribution in [1.29, 1.82) is 0 Å². The molecule has 3 aromatic rings. The van der Waals surface area contributed by atoms with E-state index < -0.39 is 0 Å². The molecule has 0 spiro atoms. The van der Waals surface area contributed by atoms with Crippen molar-refractivity contribution in [3.05, 3.63) is 77.9 Å². The van der Waals surface area contributed by atoms with Gasteiger partial charge in [-0.15, -0.1) is 0 Å². The quantitative estimate of drug-likeness (QED) is 0.780. The zero-order valence-electron chi connectivity index (χ0n) is 13.8. The molecule has 1 heterocycles. The van der Waals surface area contributed by atoms with E-state index in [-0.39, 0.29) is 5.91 Å². The summed E-state index contributed by atoms with van der Waals surface area (Å²) in [5.74, 6) is 0.367. The van der Waals surface area contributed by atoms with Gasteiger partial charge in [0.25, 0.3) is 5.91 Å². The lowest BCUT2D eigenvalue weighted by Gasteiger charge is -2.09. The molecule has 0 bridgehead atoms. The maximum atomic E-state index is 12.3. The van der Waals surface area contributed by atoms with E-state index in [4.69, 9.17) is 0 Å². The molecule has 5 heteroatoms. The van der Waals surface area contributed by atoms with Crippen molar-refractivity contribution < 1.29 is 4.79 Å². The first-order valence-corrected chi connectivity index (χ1v) is 7.94. The molecule has 1 aromatic heterocycles. The number of amides is 1. The zero-order chi connectivity index (χ0) is 16.9. The van der Waals surface area contributed by atoms with Gasteiger partial charge in [-0.25, -0.2) is 9.67 Å². The highest BCUT2D eigenvalue weighted by atomic mass is 16.1. The fourth-order valence-corrected chi connectivity index (χ4v) is 2.42. The summed E-state index contributed by atoms with van der Waals surface area (Å²) >= 11 is 0. The van der Waals surface area contributed by atoms with Crippen LogP contribution in [-0.2, 0) is 6.54 Å². The van der Waals surface area contributed by atoms with E-state index in [2.05, 4.69) is 29.2 Å². The molecule has 0 aliphatic heterocycles. The van der Waals surface area contributed by atoms with Crippen molar-refractivity contribution >= 4 is 11.6 Å². The van der Waals surface area contributed by atoms with E-state index in [9.17, 15) is 4.79 Å². The fraction of sp³-hybridized carbons (Fsp3) is 0.211. The molecule has 2 aromatic carbocycles. The number of hydrogen-bond acceptors (Lipinski definition) is 3. The summed E-state index contributed by atoms with van der Waals surface area (Å²) in [6.45, 7) is 4.93. The van der Waals surface area contributed by atoms with Gasteiger partial charge in [0.15, 0.2) is 0 Å². The largest absolute Gasteiger partial charge is 0.322 e. The maximum absolute atomic E-state index is 12.3. The lowest BCUT2D eigenvalue weighted by Crippen LogP contribution is -2.12. The van der Waals surface area contributed by atoms with Gasteiger partial charge in [-0.1, -0.05) is 38.1 Å². The Labute approximate surface area is 141 Å². The summed E-state index contributed by atoms with van der Waals surface area (Å²) < 4.78 is 1.74. The lowest BCUT2D eigenvalue weighted by atomic mass is 10.0. The SMILES string of the molecule is CC(C)c1ccc(NC(=O)c2ccc(Cn3cncn3)cc2)cc1. The third kappa shape index (κ3) is 3.87. The molecule has 1 N–H and O–H groups in total. The Morgan fingerprint density at radius 2 is 1.79 bits per heavy atom. The monoisotopic (exact) mass is 320 g/mol. The van der Waals surface area contributed by atoms with Crippen LogP contribution in [-0.4, -0.2) is 20.7 Å². The third-order valence-corrected chi connectivity index (χ3v) is 3.86. The molecule has 0 unspecified atom stereocenters. The molecule has 122 valence electrons. The zero-order valence-corrected chi connectivity index (χ0v) is 13.8. The van der Waals surface area contributed by atoms with Gasteiger partial charge in [0.2, 0.25) is 0 Å². The van der Waals surface area contributed by atoms with Crippen LogP contribution >= 0.6 is 0 Å². The predicted octanol–water partition coefficient (Wildman–Crippen LogP) is 3.70. The molecule has 0 aliphatic carbocycles. The lowest BCUT2D eigenvalue weighted by molar-refractivity contribution is 0.102. The third-order valence-electron chi connectivity index (χ3n) is 3.86. The van der Waals surface area contributed by atoms with Crippen molar-refractivity contribution in [1.82, 2.24) is 14.8 Å². The number of benzene rings is 2. The number of nitrogens with zero attached hydrogens (tertiary/aromatic N) is 3. The predicted molar refractivity (Wildman–Crippen MR) is 94.1 cm³/mol. The van der Waals surface area contributed by atoms with E-state index >= 15 is 0 Å². The molecule has 3 rings (SSSR count). The average Bonchev–Trinajstić information content (AvgIpc) is 3.09. The summed E-state index contributed by atoms with van der Waals surface area (Å²) in [5.41, 5.74) is 3.75. The average molecular weight is 320 g/mol. The van der Waals surface area contributed by atoms with Crippen LogP contribution in [0.5, 0.6) is 0 Å². The minimum Gasteiger partial charge on any atom is -0.322 e.